The van der Waals surface area contributed by atoms with Crippen LogP contribution in [0.25, 0.3) is 0 Å². The Morgan fingerprint density at radius 3 is 2.60 bits per heavy atom. The first kappa shape index (κ1) is 17.0. The largest absolute Gasteiger partial charge is 0.393 e. The van der Waals surface area contributed by atoms with E-state index in [1.165, 1.54) is 0 Å². The van der Waals surface area contributed by atoms with Gasteiger partial charge in [-0.1, -0.05) is 26.8 Å². The Hall–Kier alpha value is -1.07. The Morgan fingerprint density at radius 1 is 1.50 bits per heavy atom. The molecule has 2 N–H and O–H groups in total. The lowest BCUT2D eigenvalue weighted by molar-refractivity contribution is 0.158. The van der Waals surface area contributed by atoms with E-state index in [0.29, 0.717) is 13.0 Å². The standard InChI is InChI=1S/C15H26N2O2S/c1-11(18)8-9-17(5)14(19)16-13(15(2,3)4)12-7-6-10-20-12/h6-7,10-11,13,18H,8-9H2,1-5H3,(H,16,19). The van der Waals surface area contributed by atoms with Crippen LogP contribution in [0, 0.1) is 5.41 Å². The number of aliphatic hydroxyl groups is 1. The smallest absolute Gasteiger partial charge is 0.317 e. The molecule has 4 nitrogen and oxygen atoms in total. The van der Waals surface area contributed by atoms with Gasteiger partial charge < -0.3 is 15.3 Å². The first-order valence-corrected chi connectivity index (χ1v) is 7.83. The highest BCUT2D eigenvalue weighted by molar-refractivity contribution is 7.10. The summed E-state index contributed by atoms with van der Waals surface area (Å²) >= 11 is 1.66. The van der Waals surface area contributed by atoms with Crippen LogP contribution in [0.2, 0.25) is 0 Å². The number of hydrogen-bond donors (Lipinski definition) is 2. The third-order valence-corrected chi connectivity index (χ3v) is 4.13. The number of nitrogens with one attached hydrogen (secondary N) is 1. The SMILES string of the molecule is CC(O)CCN(C)C(=O)NC(c1cccs1)C(C)(C)C. The summed E-state index contributed by atoms with van der Waals surface area (Å²) in [6.07, 6.45) is 0.198. The predicted molar refractivity (Wildman–Crippen MR) is 84.0 cm³/mol. The monoisotopic (exact) mass is 298 g/mol. The van der Waals surface area contributed by atoms with Crippen molar-refractivity contribution in [1.29, 1.82) is 0 Å². The topological polar surface area (TPSA) is 52.6 Å². The maximum absolute atomic E-state index is 12.2. The van der Waals surface area contributed by atoms with Crippen molar-refractivity contribution in [2.24, 2.45) is 5.41 Å². The van der Waals surface area contributed by atoms with Gasteiger partial charge in [-0.25, -0.2) is 4.79 Å². The normalized spacial score (nSPS) is 14.7. The van der Waals surface area contributed by atoms with Crippen molar-refractivity contribution in [3.63, 3.8) is 0 Å². The molecule has 20 heavy (non-hydrogen) atoms. The summed E-state index contributed by atoms with van der Waals surface area (Å²) in [5.41, 5.74) is -0.0500. The summed E-state index contributed by atoms with van der Waals surface area (Å²) in [5.74, 6) is 0. The Labute approximate surface area is 125 Å². The molecule has 1 rings (SSSR count). The number of rotatable bonds is 5. The minimum Gasteiger partial charge on any atom is -0.393 e. The zero-order valence-corrected chi connectivity index (χ0v) is 13.8. The van der Waals surface area contributed by atoms with E-state index in [2.05, 4.69) is 32.2 Å². The second-order valence-electron chi connectivity index (χ2n) is 6.32. The van der Waals surface area contributed by atoms with Gasteiger partial charge in [-0.15, -0.1) is 11.3 Å². The number of thiophene rings is 1. The molecule has 0 saturated heterocycles. The van der Waals surface area contributed by atoms with E-state index in [9.17, 15) is 9.90 Å². The zero-order chi connectivity index (χ0) is 15.3. The average Bonchev–Trinajstić information content (AvgIpc) is 2.84. The molecule has 1 aromatic rings. The minimum absolute atomic E-state index is 0.0102. The molecule has 5 heteroatoms. The van der Waals surface area contributed by atoms with Gasteiger partial charge in [0.2, 0.25) is 0 Å². The molecular formula is C15H26N2O2S. The maximum Gasteiger partial charge on any atom is 0.317 e. The van der Waals surface area contributed by atoms with E-state index in [1.54, 1.807) is 30.2 Å². The highest BCUT2D eigenvalue weighted by Crippen LogP contribution is 2.35. The molecule has 0 aromatic carbocycles. The Bertz CT molecular complexity index is 410. The van der Waals surface area contributed by atoms with Gasteiger partial charge in [-0.05, 0) is 30.2 Å². The van der Waals surface area contributed by atoms with Crippen LogP contribution in [0.3, 0.4) is 0 Å². The van der Waals surface area contributed by atoms with Crippen LogP contribution in [0.4, 0.5) is 4.79 Å². The van der Waals surface area contributed by atoms with E-state index in [4.69, 9.17) is 0 Å². The van der Waals surface area contributed by atoms with Gasteiger partial charge in [0, 0.05) is 18.5 Å². The Morgan fingerprint density at radius 2 is 2.15 bits per heavy atom. The number of carbonyl (C=O) groups is 1. The Balaban J connectivity index is 2.69. The molecule has 2 atom stereocenters. The van der Waals surface area contributed by atoms with Crippen LogP contribution in [-0.4, -0.2) is 35.7 Å². The maximum atomic E-state index is 12.2. The minimum atomic E-state index is -0.388. The summed E-state index contributed by atoms with van der Waals surface area (Å²) in [4.78, 5) is 15.0. The lowest BCUT2D eigenvalue weighted by atomic mass is 9.86. The van der Waals surface area contributed by atoms with Gasteiger partial charge in [0.1, 0.15) is 0 Å². The van der Waals surface area contributed by atoms with Gasteiger partial charge >= 0.3 is 6.03 Å². The molecule has 0 spiro atoms. The average molecular weight is 298 g/mol. The zero-order valence-electron chi connectivity index (χ0n) is 13.0. The van der Waals surface area contributed by atoms with Crippen molar-refractivity contribution < 1.29 is 9.90 Å². The molecule has 114 valence electrons. The van der Waals surface area contributed by atoms with Crippen LogP contribution < -0.4 is 5.32 Å². The van der Waals surface area contributed by atoms with Gasteiger partial charge in [0.05, 0.1) is 12.1 Å². The third kappa shape index (κ3) is 5.13. The number of amides is 2. The predicted octanol–water partition coefficient (Wildman–Crippen LogP) is 3.25. The van der Waals surface area contributed by atoms with E-state index in [-0.39, 0.29) is 23.6 Å². The molecule has 0 aliphatic carbocycles. The van der Waals surface area contributed by atoms with E-state index in [0.717, 1.165) is 4.88 Å². The van der Waals surface area contributed by atoms with Crippen molar-refractivity contribution >= 4 is 17.4 Å². The lowest BCUT2D eigenvalue weighted by Crippen LogP contribution is -2.43. The van der Waals surface area contributed by atoms with Crippen molar-refractivity contribution in [2.45, 2.75) is 46.3 Å². The van der Waals surface area contributed by atoms with E-state index in [1.807, 2.05) is 11.4 Å². The molecule has 0 fully saturated rings. The van der Waals surface area contributed by atoms with Crippen LogP contribution in [0.5, 0.6) is 0 Å². The summed E-state index contributed by atoms with van der Waals surface area (Å²) in [7, 11) is 1.76. The van der Waals surface area contributed by atoms with Crippen molar-refractivity contribution in [2.75, 3.05) is 13.6 Å². The number of nitrogens with zero attached hydrogens (tertiary/aromatic N) is 1. The van der Waals surface area contributed by atoms with Crippen molar-refractivity contribution in [1.82, 2.24) is 10.2 Å². The van der Waals surface area contributed by atoms with Gasteiger partial charge in [0.25, 0.3) is 0 Å². The molecule has 0 aliphatic heterocycles. The molecule has 2 unspecified atom stereocenters. The fraction of sp³-hybridized carbons (Fsp3) is 0.667. The molecule has 0 aliphatic rings. The van der Waals surface area contributed by atoms with Crippen LogP contribution >= 0.6 is 11.3 Å². The third-order valence-electron chi connectivity index (χ3n) is 3.19. The highest BCUT2D eigenvalue weighted by Gasteiger charge is 2.29. The number of carbonyl (C=O) groups excluding carboxylic acids is 1. The first-order valence-electron chi connectivity index (χ1n) is 6.95. The number of urea groups is 1. The molecule has 1 heterocycles. The number of aliphatic hydroxyl groups excluding tert-OH is 1. The van der Waals surface area contributed by atoms with Gasteiger partial charge in [-0.2, -0.15) is 0 Å². The van der Waals surface area contributed by atoms with Crippen molar-refractivity contribution in [3.05, 3.63) is 22.4 Å². The molecule has 1 aromatic heterocycles. The fourth-order valence-corrected chi connectivity index (χ4v) is 2.91. The summed E-state index contributed by atoms with van der Waals surface area (Å²) in [6, 6.07) is 3.95. The molecule has 0 radical (unpaired) electrons. The molecule has 0 bridgehead atoms. The van der Waals surface area contributed by atoms with E-state index < -0.39 is 0 Å². The van der Waals surface area contributed by atoms with Crippen LogP contribution in [0.15, 0.2) is 17.5 Å². The Kier molecular flexibility index (Phi) is 6.02. The molecular weight excluding hydrogens is 272 g/mol. The second-order valence-corrected chi connectivity index (χ2v) is 7.30. The van der Waals surface area contributed by atoms with Crippen molar-refractivity contribution in [3.8, 4) is 0 Å². The first-order chi connectivity index (χ1) is 9.21. The van der Waals surface area contributed by atoms with Crippen LogP contribution in [-0.2, 0) is 0 Å². The summed E-state index contributed by atoms with van der Waals surface area (Å²) in [6.45, 7) is 8.63. The second kappa shape index (κ2) is 7.09. The van der Waals surface area contributed by atoms with E-state index >= 15 is 0 Å². The van der Waals surface area contributed by atoms with Gasteiger partial charge in [-0.3, -0.25) is 0 Å². The highest BCUT2D eigenvalue weighted by atomic mass is 32.1. The molecule has 0 saturated carbocycles. The van der Waals surface area contributed by atoms with Gasteiger partial charge in [0.15, 0.2) is 0 Å². The quantitative estimate of drug-likeness (QED) is 0.876. The number of hydrogen-bond acceptors (Lipinski definition) is 3. The lowest BCUT2D eigenvalue weighted by Gasteiger charge is -2.32. The summed E-state index contributed by atoms with van der Waals surface area (Å²) in [5, 5.41) is 14.4. The summed E-state index contributed by atoms with van der Waals surface area (Å²) < 4.78 is 0. The van der Waals surface area contributed by atoms with Crippen LogP contribution in [0.1, 0.15) is 45.0 Å². The fourth-order valence-electron chi connectivity index (χ4n) is 1.89. The molecule has 2 amide bonds.